The predicted molar refractivity (Wildman–Crippen MR) is 85.0 cm³/mol. The average Bonchev–Trinajstić information content (AvgIpc) is 2.75. The summed E-state index contributed by atoms with van der Waals surface area (Å²) >= 11 is 3.12. The van der Waals surface area contributed by atoms with Crippen LogP contribution in [0.4, 0.5) is 0 Å². The molecule has 1 saturated heterocycles. The van der Waals surface area contributed by atoms with Gasteiger partial charge in [-0.2, -0.15) is 0 Å². The Balaban J connectivity index is 1.67. The van der Waals surface area contributed by atoms with E-state index in [-0.39, 0.29) is 16.3 Å². The summed E-state index contributed by atoms with van der Waals surface area (Å²) in [4.78, 5) is 26.0. The third-order valence-electron chi connectivity index (χ3n) is 3.10. The summed E-state index contributed by atoms with van der Waals surface area (Å²) < 4.78 is 0. The molecule has 0 spiro atoms. The van der Waals surface area contributed by atoms with Crippen LogP contribution in [0.5, 0.6) is 0 Å². The second-order valence-corrected chi connectivity index (χ2v) is 7.44. The van der Waals surface area contributed by atoms with Gasteiger partial charge < -0.3 is 4.90 Å². The first kappa shape index (κ1) is 15.4. The van der Waals surface area contributed by atoms with Crippen LogP contribution in [0.3, 0.4) is 0 Å². The molecule has 108 valence electrons. The lowest BCUT2D eigenvalue weighted by molar-refractivity contribution is -0.127. The van der Waals surface area contributed by atoms with Gasteiger partial charge in [0.1, 0.15) is 0 Å². The van der Waals surface area contributed by atoms with E-state index in [1.165, 1.54) is 16.7 Å². The van der Waals surface area contributed by atoms with Gasteiger partial charge in [0.15, 0.2) is 5.12 Å². The van der Waals surface area contributed by atoms with Crippen LogP contribution in [-0.2, 0) is 9.59 Å². The second kappa shape index (κ2) is 7.74. The lowest BCUT2D eigenvalue weighted by Gasteiger charge is -2.15. The van der Waals surface area contributed by atoms with Crippen molar-refractivity contribution in [2.75, 3.05) is 18.8 Å². The smallest absolute Gasteiger partial charge is 0.223 e. The highest BCUT2D eigenvalue weighted by Gasteiger charge is 2.30. The van der Waals surface area contributed by atoms with Crippen molar-refractivity contribution in [2.45, 2.75) is 29.9 Å². The molecule has 0 radical (unpaired) electrons. The van der Waals surface area contributed by atoms with E-state index in [2.05, 4.69) is 12.1 Å². The fourth-order valence-corrected chi connectivity index (χ4v) is 4.04. The fourth-order valence-electron chi connectivity index (χ4n) is 2.23. The van der Waals surface area contributed by atoms with Crippen molar-refractivity contribution >= 4 is 34.5 Å². The van der Waals surface area contributed by atoms with Crippen LogP contribution in [0.1, 0.15) is 19.8 Å². The minimum Gasteiger partial charge on any atom is -0.341 e. The summed E-state index contributed by atoms with van der Waals surface area (Å²) in [5, 5.41) is 0.256. The number of nitrogens with zero attached hydrogens (tertiary/aromatic N) is 1. The highest BCUT2D eigenvalue weighted by Crippen LogP contribution is 2.25. The van der Waals surface area contributed by atoms with Crippen LogP contribution in [-0.4, -0.2) is 40.0 Å². The number of likely N-dealkylation sites (tertiary alicyclic amines) is 1. The molecule has 2 rings (SSSR count). The van der Waals surface area contributed by atoms with Gasteiger partial charge in [0, 0.05) is 36.6 Å². The zero-order valence-corrected chi connectivity index (χ0v) is 13.2. The third kappa shape index (κ3) is 4.87. The number of benzene rings is 1. The second-order valence-electron chi connectivity index (χ2n) is 4.79. The fraction of sp³-hybridized carbons (Fsp3) is 0.467. The molecule has 1 amide bonds. The predicted octanol–water partition coefficient (Wildman–Crippen LogP) is 3.05. The summed E-state index contributed by atoms with van der Waals surface area (Å²) in [6, 6.07) is 10.3. The van der Waals surface area contributed by atoms with Gasteiger partial charge in [0.05, 0.1) is 0 Å². The zero-order chi connectivity index (χ0) is 14.4. The van der Waals surface area contributed by atoms with E-state index in [0.717, 1.165) is 25.3 Å². The number of carbonyl (C=O) groups is 2. The van der Waals surface area contributed by atoms with Gasteiger partial charge in [-0.3, -0.25) is 9.59 Å². The Bertz CT molecular complexity index is 464. The molecular formula is C15H19NO2S2. The molecule has 1 fully saturated rings. The van der Waals surface area contributed by atoms with Crippen LogP contribution in [0.2, 0.25) is 0 Å². The van der Waals surface area contributed by atoms with Crippen molar-refractivity contribution in [2.24, 2.45) is 0 Å². The van der Waals surface area contributed by atoms with Gasteiger partial charge in [-0.05, 0) is 24.3 Å². The number of hydrogen-bond donors (Lipinski definition) is 0. The molecule has 0 aliphatic carbocycles. The van der Waals surface area contributed by atoms with E-state index < -0.39 is 0 Å². The molecule has 0 bridgehead atoms. The molecule has 0 saturated carbocycles. The van der Waals surface area contributed by atoms with Crippen molar-refractivity contribution in [1.82, 2.24) is 4.90 Å². The zero-order valence-electron chi connectivity index (χ0n) is 11.6. The highest BCUT2D eigenvalue weighted by atomic mass is 32.2. The standard InChI is InChI=1S/C15H19NO2S2/c1-12(17)20-14-10-15(18)16(11-14)8-5-9-19-13-6-3-2-4-7-13/h2-4,6-7,14H,5,8-11H2,1H3. The van der Waals surface area contributed by atoms with E-state index in [4.69, 9.17) is 0 Å². The molecular weight excluding hydrogens is 290 g/mol. The normalized spacial score (nSPS) is 18.6. The minimum absolute atomic E-state index is 0.101. The molecule has 1 aromatic carbocycles. The van der Waals surface area contributed by atoms with Crippen LogP contribution in [0.15, 0.2) is 35.2 Å². The van der Waals surface area contributed by atoms with E-state index in [1.807, 2.05) is 34.9 Å². The Kier molecular flexibility index (Phi) is 5.98. The average molecular weight is 309 g/mol. The first-order chi connectivity index (χ1) is 9.65. The molecule has 1 aromatic rings. The van der Waals surface area contributed by atoms with Crippen LogP contribution < -0.4 is 0 Å². The quantitative estimate of drug-likeness (QED) is 0.598. The van der Waals surface area contributed by atoms with Gasteiger partial charge in [0.2, 0.25) is 5.91 Å². The summed E-state index contributed by atoms with van der Waals surface area (Å²) in [5.41, 5.74) is 0. The van der Waals surface area contributed by atoms with E-state index in [1.54, 1.807) is 6.92 Å². The molecule has 1 atom stereocenters. The van der Waals surface area contributed by atoms with Gasteiger partial charge in [-0.25, -0.2) is 0 Å². The van der Waals surface area contributed by atoms with Crippen LogP contribution in [0.25, 0.3) is 0 Å². The molecule has 1 heterocycles. The van der Waals surface area contributed by atoms with Gasteiger partial charge in [-0.15, -0.1) is 11.8 Å². The lowest BCUT2D eigenvalue weighted by atomic mass is 10.4. The third-order valence-corrected chi connectivity index (χ3v) is 5.18. The van der Waals surface area contributed by atoms with Crippen molar-refractivity contribution < 1.29 is 9.59 Å². The summed E-state index contributed by atoms with van der Waals surface area (Å²) in [5.74, 6) is 1.20. The molecule has 0 aromatic heterocycles. The summed E-state index contributed by atoms with van der Waals surface area (Å²) in [6.07, 6.45) is 1.50. The molecule has 1 aliphatic heterocycles. The van der Waals surface area contributed by atoms with Crippen molar-refractivity contribution in [3.63, 3.8) is 0 Å². The molecule has 1 aliphatic rings. The monoisotopic (exact) mass is 309 g/mol. The largest absolute Gasteiger partial charge is 0.341 e. The first-order valence-electron chi connectivity index (χ1n) is 6.78. The Labute approximate surface area is 128 Å². The lowest BCUT2D eigenvalue weighted by Crippen LogP contribution is -2.27. The summed E-state index contributed by atoms with van der Waals surface area (Å²) in [6.45, 7) is 3.08. The van der Waals surface area contributed by atoms with E-state index >= 15 is 0 Å². The van der Waals surface area contributed by atoms with Crippen LogP contribution in [0, 0.1) is 0 Å². The van der Waals surface area contributed by atoms with Gasteiger partial charge in [-0.1, -0.05) is 30.0 Å². The van der Waals surface area contributed by atoms with E-state index in [9.17, 15) is 9.59 Å². The van der Waals surface area contributed by atoms with Crippen molar-refractivity contribution in [3.05, 3.63) is 30.3 Å². The summed E-state index contributed by atoms with van der Waals surface area (Å²) in [7, 11) is 0. The Morgan fingerprint density at radius 3 is 2.80 bits per heavy atom. The maximum absolute atomic E-state index is 11.8. The molecule has 3 nitrogen and oxygen atoms in total. The number of rotatable bonds is 6. The van der Waals surface area contributed by atoms with Gasteiger partial charge >= 0.3 is 0 Å². The van der Waals surface area contributed by atoms with Crippen molar-refractivity contribution in [1.29, 1.82) is 0 Å². The molecule has 1 unspecified atom stereocenters. The number of carbonyl (C=O) groups excluding carboxylic acids is 2. The number of hydrogen-bond acceptors (Lipinski definition) is 4. The van der Waals surface area contributed by atoms with Crippen molar-refractivity contribution in [3.8, 4) is 0 Å². The number of amides is 1. The molecule has 5 heteroatoms. The minimum atomic E-state index is 0.101. The molecule has 0 N–H and O–H groups in total. The Morgan fingerprint density at radius 2 is 2.10 bits per heavy atom. The Morgan fingerprint density at radius 1 is 1.35 bits per heavy atom. The SMILES string of the molecule is CC(=O)SC1CC(=O)N(CCCSc2ccccc2)C1. The van der Waals surface area contributed by atoms with Crippen LogP contribution >= 0.6 is 23.5 Å². The van der Waals surface area contributed by atoms with E-state index in [0.29, 0.717) is 6.42 Å². The Hall–Kier alpha value is -0.940. The topological polar surface area (TPSA) is 37.4 Å². The maximum Gasteiger partial charge on any atom is 0.223 e. The highest BCUT2D eigenvalue weighted by molar-refractivity contribution is 8.14. The number of thioether (sulfide) groups is 2. The molecule has 20 heavy (non-hydrogen) atoms. The van der Waals surface area contributed by atoms with Gasteiger partial charge in [0.25, 0.3) is 0 Å². The maximum atomic E-state index is 11.8. The first-order valence-corrected chi connectivity index (χ1v) is 8.64.